The van der Waals surface area contributed by atoms with Gasteiger partial charge < -0.3 is 19.6 Å². The van der Waals surface area contributed by atoms with Crippen molar-refractivity contribution in [3.8, 4) is 5.75 Å². The number of hydrogen-bond donors (Lipinski definition) is 2. The van der Waals surface area contributed by atoms with Gasteiger partial charge in [0.05, 0.1) is 13.2 Å². The first-order valence-electron chi connectivity index (χ1n) is 8.14. The third-order valence-electron chi connectivity index (χ3n) is 4.76. The molecule has 4 heteroatoms. The van der Waals surface area contributed by atoms with Crippen LogP contribution in [0, 0.1) is 5.92 Å². The van der Waals surface area contributed by atoms with Gasteiger partial charge in [-0.3, -0.25) is 0 Å². The minimum absolute atomic E-state index is 0.174. The van der Waals surface area contributed by atoms with Gasteiger partial charge in [0.2, 0.25) is 0 Å². The summed E-state index contributed by atoms with van der Waals surface area (Å²) in [5, 5.41) is 14.0. The lowest BCUT2D eigenvalue weighted by Crippen LogP contribution is -2.35. The van der Waals surface area contributed by atoms with Crippen molar-refractivity contribution in [2.24, 2.45) is 5.92 Å². The third-order valence-corrected chi connectivity index (χ3v) is 4.76. The van der Waals surface area contributed by atoms with Gasteiger partial charge >= 0.3 is 0 Å². The van der Waals surface area contributed by atoms with E-state index in [0.717, 1.165) is 48.2 Å². The van der Waals surface area contributed by atoms with E-state index < -0.39 is 0 Å². The second-order valence-corrected chi connectivity index (χ2v) is 6.32. The van der Waals surface area contributed by atoms with E-state index in [1.807, 2.05) is 18.2 Å². The molecule has 2 aromatic rings. The Bertz CT molecular complexity index is 614. The highest BCUT2D eigenvalue weighted by Gasteiger charge is 2.23. The molecular formula is C18H25NO3. The number of aliphatic hydroxyl groups is 1. The molecule has 4 nitrogen and oxygen atoms in total. The van der Waals surface area contributed by atoms with Crippen molar-refractivity contribution in [3.05, 3.63) is 30.0 Å². The van der Waals surface area contributed by atoms with Crippen molar-refractivity contribution in [1.82, 2.24) is 5.32 Å². The van der Waals surface area contributed by atoms with Gasteiger partial charge in [0.15, 0.2) is 11.3 Å². The van der Waals surface area contributed by atoms with E-state index in [0.29, 0.717) is 18.6 Å². The lowest BCUT2D eigenvalue weighted by molar-refractivity contribution is 0.171. The molecule has 0 radical (unpaired) electrons. The van der Waals surface area contributed by atoms with Crippen LogP contribution in [0.3, 0.4) is 0 Å². The van der Waals surface area contributed by atoms with Crippen LogP contribution in [0.2, 0.25) is 0 Å². The Kier molecular flexibility index (Phi) is 4.69. The second-order valence-electron chi connectivity index (χ2n) is 6.32. The summed E-state index contributed by atoms with van der Waals surface area (Å²) in [6.07, 6.45) is 4.46. The average molecular weight is 303 g/mol. The van der Waals surface area contributed by atoms with E-state index in [2.05, 4.69) is 18.3 Å². The SMILES string of the molecule is COc1cccc2cc(C(C)NC3CCC(CO)CC3)oc12. The second kappa shape index (κ2) is 6.71. The molecule has 0 aliphatic heterocycles. The number of rotatable bonds is 5. The van der Waals surface area contributed by atoms with Crippen molar-refractivity contribution >= 4 is 11.0 Å². The fourth-order valence-corrected chi connectivity index (χ4v) is 3.38. The summed E-state index contributed by atoms with van der Waals surface area (Å²) in [6, 6.07) is 8.72. The van der Waals surface area contributed by atoms with Crippen molar-refractivity contribution in [2.75, 3.05) is 13.7 Å². The maximum absolute atomic E-state index is 9.22. The van der Waals surface area contributed by atoms with Crippen molar-refractivity contribution < 1.29 is 14.3 Å². The van der Waals surface area contributed by atoms with Gasteiger partial charge in [0.25, 0.3) is 0 Å². The van der Waals surface area contributed by atoms with Gasteiger partial charge in [0.1, 0.15) is 5.76 Å². The molecule has 22 heavy (non-hydrogen) atoms. The van der Waals surface area contributed by atoms with Gasteiger partial charge in [-0.1, -0.05) is 12.1 Å². The molecule has 1 aliphatic rings. The molecule has 0 saturated heterocycles. The Labute approximate surface area is 131 Å². The predicted octanol–water partition coefficient (Wildman–Crippen LogP) is 3.64. The van der Waals surface area contributed by atoms with Crippen molar-refractivity contribution in [2.45, 2.75) is 44.7 Å². The summed E-state index contributed by atoms with van der Waals surface area (Å²) in [5.41, 5.74) is 0.817. The van der Waals surface area contributed by atoms with Crippen LogP contribution >= 0.6 is 0 Å². The number of fused-ring (bicyclic) bond motifs is 1. The van der Waals surface area contributed by atoms with Gasteiger partial charge in [0, 0.05) is 18.0 Å². The van der Waals surface area contributed by atoms with E-state index in [1.165, 1.54) is 0 Å². The number of ether oxygens (including phenoxy) is 1. The molecule has 1 saturated carbocycles. The Morgan fingerprint density at radius 1 is 1.32 bits per heavy atom. The lowest BCUT2D eigenvalue weighted by Gasteiger charge is -2.29. The number of nitrogens with one attached hydrogen (secondary N) is 1. The fraction of sp³-hybridized carbons (Fsp3) is 0.556. The van der Waals surface area contributed by atoms with Crippen LogP contribution in [-0.4, -0.2) is 24.9 Å². The minimum atomic E-state index is 0.174. The maximum Gasteiger partial charge on any atom is 0.176 e. The van der Waals surface area contributed by atoms with E-state index in [-0.39, 0.29) is 6.04 Å². The summed E-state index contributed by atoms with van der Waals surface area (Å²) in [7, 11) is 1.66. The largest absolute Gasteiger partial charge is 0.493 e. The average Bonchev–Trinajstić information content (AvgIpc) is 2.99. The number of furan rings is 1. The highest BCUT2D eigenvalue weighted by Crippen LogP contribution is 2.32. The van der Waals surface area contributed by atoms with Crippen molar-refractivity contribution in [1.29, 1.82) is 0 Å². The molecule has 120 valence electrons. The van der Waals surface area contributed by atoms with E-state index in [9.17, 15) is 5.11 Å². The number of methoxy groups -OCH3 is 1. The van der Waals surface area contributed by atoms with E-state index in [4.69, 9.17) is 9.15 Å². The molecule has 1 heterocycles. The molecule has 1 aromatic heterocycles. The predicted molar refractivity (Wildman–Crippen MR) is 87.1 cm³/mol. The monoisotopic (exact) mass is 303 g/mol. The molecule has 1 fully saturated rings. The molecule has 0 amide bonds. The Hall–Kier alpha value is -1.52. The summed E-state index contributed by atoms with van der Waals surface area (Å²) >= 11 is 0. The van der Waals surface area contributed by atoms with Crippen LogP contribution < -0.4 is 10.1 Å². The maximum atomic E-state index is 9.22. The molecule has 1 unspecified atom stereocenters. The molecule has 0 spiro atoms. The molecule has 1 aliphatic carbocycles. The lowest BCUT2D eigenvalue weighted by atomic mass is 9.86. The van der Waals surface area contributed by atoms with E-state index >= 15 is 0 Å². The topological polar surface area (TPSA) is 54.6 Å². The highest BCUT2D eigenvalue weighted by molar-refractivity contribution is 5.83. The summed E-state index contributed by atoms with van der Waals surface area (Å²) < 4.78 is 11.4. The fourth-order valence-electron chi connectivity index (χ4n) is 3.38. The number of hydrogen-bond acceptors (Lipinski definition) is 4. The Balaban J connectivity index is 1.69. The summed E-state index contributed by atoms with van der Waals surface area (Å²) in [5.74, 6) is 2.21. The van der Waals surface area contributed by atoms with E-state index in [1.54, 1.807) is 7.11 Å². The smallest absolute Gasteiger partial charge is 0.176 e. The zero-order chi connectivity index (χ0) is 15.5. The van der Waals surface area contributed by atoms with Gasteiger partial charge in [-0.05, 0) is 50.7 Å². The number of aliphatic hydroxyl groups excluding tert-OH is 1. The normalized spacial score (nSPS) is 23.6. The summed E-state index contributed by atoms with van der Waals surface area (Å²) in [6.45, 7) is 2.47. The molecule has 1 atom stereocenters. The first-order chi connectivity index (χ1) is 10.7. The molecule has 3 rings (SSSR count). The first-order valence-corrected chi connectivity index (χ1v) is 8.14. The Morgan fingerprint density at radius 3 is 2.77 bits per heavy atom. The molecule has 1 aromatic carbocycles. The highest BCUT2D eigenvalue weighted by atomic mass is 16.5. The zero-order valence-electron chi connectivity index (χ0n) is 13.3. The number of para-hydroxylation sites is 1. The molecule has 2 N–H and O–H groups in total. The third kappa shape index (κ3) is 3.13. The van der Waals surface area contributed by atoms with Crippen molar-refractivity contribution in [3.63, 3.8) is 0 Å². The van der Waals surface area contributed by atoms with Gasteiger partial charge in [-0.15, -0.1) is 0 Å². The van der Waals surface area contributed by atoms with Crippen LogP contribution in [-0.2, 0) is 0 Å². The first kappa shape index (κ1) is 15.4. The van der Waals surface area contributed by atoms with Crippen LogP contribution in [0.1, 0.15) is 44.4 Å². The van der Waals surface area contributed by atoms with Crippen LogP contribution in [0.15, 0.2) is 28.7 Å². The van der Waals surface area contributed by atoms with Gasteiger partial charge in [-0.2, -0.15) is 0 Å². The molecule has 0 bridgehead atoms. The molecular weight excluding hydrogens is 278 g/mol. The van der Waals surface area contributed by atoms with Crippen LogP contribution in [0.5, 0.6) is 5.75 Å². The van der Waals surface area contributed by atoms with Crippen LogP contribution in [0.4, 0.5) is 0 Å². The van der Waals surface area contributed by atoms with Gasteiger partial charge in [-0.25, -0.2) is 0 Å². The standard InChI is InChI=1S/C18H25NO3/c1-12(19-15-8-6-13(11-20)7-9-15)17-10-14-4-3-5-16(21-2)18(14)22-17/h3-5,10,12-13,15,19-20H,6-9,11H2,1-2H3. The minimum Gasteiger partial charge on any atom is -0.493 e. The summed E-state index contributed by atoms with van der Waals surface area (Å²) in [4.78, 5) is 0. The zero-order valence-corrected chi connectivity index (χ0v) is 13.3. The Morgan fingerprint density at radius 2 is 2.09 bits per heavy atom. The number of benzene rings is 1. The quantitative estimate of drug-likeness (QED) is 0.885. The van der Waals surface area contributed by atoms with Crippen LogP contribution in [0.25, 0.3) is 11.0 Å².